The van der Waals surface area contributed by atoms with Crippen LogP contribution < -0.4 is 10.6 Å². The zero-order valence-corrected chi connectivity index (χ0v) is 10.2. The van der Waals surface area contributed by atoms with Gasteiger partial charge in [-0.05, 0) is 31.2 Å². The van der Waals surface area contributed by atoms with Crippen LogP contribution in [0.3, 0.4) is 0 Å². The molecule has 2 heterocycles. The zero-order valence-electron chi connectivity index (χ0n) is 9.40. The summed E-state index contributed by atoms with van der Waals surface area (Å²) in [4.78, 5) is 17.6. The van der Waals surface area contributed by atoms with Crippen molar-refractivity contribution >= 4 is 23.3 Å². The van der Waals surface area contributed by atoms with E-state index >= 15 is 0 Å². The molecule has 2 bridgehead atoms. The number of rotatable bonds is 2. The molecule has 3 rings (SSSR count). The molecule has 1 saturated heterocycles. The SMILES string of the molecule is NC(=O)c1cnc(N2CC3CCC2C3)c(Cl)c1. The van der Waals surface area contributed by atoms with E-state index in [0.717, 1.165) is 18.3 Å². The maximum absolute atomic E-state index is 11.0. The van der Waals surface area contributed by atoms with Gasteiger partial charge in [-0.15, -0.1) is 0 Å². The standard InChI is InChI=1S/C12H14ClN3O/c13-10-4-8(11(14)17)5-15-12(10)16-6-7-1-2-9(16)3-7/h4-5,7,9H,1-3,6H2,(H2,14,17). The van der Waals surface area contributed by atoms with Crippen molar-refractivity contribution in [1.29, 1.82) is 0 Å². The van der Waals surface area contributed by atoms with Crippen molar-refractivity contribution < 1.29 is 4.79 Å². The predicted molar refractivity (Wildman–Crippen MR) is 66.2 cm³/mol. The van der Waals surface area contributed by atoms with Crippen molar-refractivity contribution in [2.75, 3.05) is 11.4 Å². The average molecular weight is 252 g/mol. The molecule has 5 heteroatoms. The first-order chi connectivity index (χ1) is 8.15. The van der Waals surface area contributed by atoms with Crippen LogP contribution in [0, 0.1) is 5.92 Å². The number of nitrogens with zero attached hydrogens (tertiary/aromatic N) is 2. The van der Waals surface area contributed by atoms with Gasteiger partial charge in [0.25, 0.3) is 0 Å². The highest BCUT2D eigenvalue weighted by atomic mass is 35.5. The van der Waals surface area contributed by atoms with Crippen molar-refractivity contribution in [2.45, 2.75) is 25.3 Å². The van der Waals surface area contributed by atoms with Crippen molar-refractivity contribution in [3.8, 4) is 0 Å². The summed E-state index contributed by atoms with van der Waals surface area (Å²) < 4.78 is 0. The van der Waals surface area contributed by atoms with Crippen LogP contribution in [0.5, 0.6) is 0 Å². The summed E-state index contributed by atoms with van der Waals surface area (Å²) >= 11 is 6.18. The van der Waals surface area contributed by atoms with E-state index in [4.69, 9.17) is 17.3 Å². The summed E-state index contributed by atoms with van der Waals surface area (Å²) in [5.74, 6) is 1.09. The van der Waals surface area contributed by atoms with E-state index in [9.17, 15) is 4.79 Å². The number of carbonyl (C=O) groups is 1. The Hall–Kier alpha value is -1.29. The Kier molecular flexibility index (Phi) is 2.47. The fourth-order valence-corrected chi connectivity index (χ4v) is 3.24. The third-order valence-electron chi connectivity index (χ3n) is 3.79. The second-order valence-corrected chi connectivity index (χ2v) is 5.29. The Labute approximate surface area is 105 Å². The van der Waals surface area contributed by atoms with Crippen molar-refractivity contribution in [3.63, 3.8) is 0 Å². The van der Waals surface area contributed by atoms with E-state index in [1.807, 2.05) is 0 Å². The van der Waals surface area contributed by atoms with Gasteiger partial charge in [0.05, 0.1) is 10.6 Å². The fourth-order valence-electron chi connectivity index (χ4n) is 2.96. The summed E-state index contributed by atoms with van der Waals surface area (Å²) in [5.41, 5.74) is 5.56. The Bertz CT molecular complexity index is 477. The lowest BCUT2D eigenvalue weighted by atomic mass is 10.1. The van der Waals surface area contributed by atoms with Crippen LogP contribution in [0.15, 0.2) is 12.3 Å². The number of halogens is 1. The molecule has 0 spiro atoms. The van der Waals surface area contributed by atoms with E-state index in [-0.39, 0.29) is 0 Å². The Morgan fingerprint density at radius 1 is 1.53 bits per heavy atom. The third kappa shape index (κ3) is 1.76. The molecule has 4 nitrogen and oxygen atoms in total. The number of piperidine rings is 1. The minimum Gasteiger partial charge on any atom is -0.366 e. The fraction of sp³-hybridized carbons (Fsp3) is 0.500. The molecule has 0 aromatic carbocycles. The number of aromatic nitrogens is 1. The first-order valence-electron chi connectivity index (χ1n) is 5.87. The minimum atomic E-state index is -0.492. The minimum absolute atomic E-state index is 0.364. The maximum atomic E-state index is 11.0. The molecule has 17 heavy (non-hydrogen) atoms. The molecule has 1 aliphatic heterocycles. The van der Waals surface area contributed by atoms with E-state index in [1.165, 1.54) is 25.5 Å². The molecule has 2 atom stereocenters. The molecular formula is C12H14ClN3O. The largest absolute Gasteiger partial charge is 0.366 e. The number of pyridine rings is 1. The van der Waals surface area contributed by atoms with Gasteiger partial charge >= 0.3 is 0 Å². The van der Waals surface area contributed by atoms with E-state index < -0.39 is 5.91 Å². The highest BCUT2D eigenvalue weighted by molar-refractivity contribution is 6.33. The molecule has 0 radical (unpaired) electrons. The number of amides is 1. The number of fused-ring (bicyclic) bond motifs is 2. The van der Waals surface area contributed by atoms with E-state index in [1.54, 1.807) is 6.07 Å². The molecule has 2 aliphatic rings. The highest BCUT2D eigenvalue weighted by Crippen LogP contribution is 2.41. The number of nitrogens with two attached hydrogens (primary N) is 1. The third-order valence-corrected chi connectivity index (χ3v) is 4.07. The summed E-state index contributed by atoms with van der Waals surface area (Å²) in [6.45, 7) is 1.04. The Morgan fingerprint density at radius 3 is 2.88 bits per heavy atom. The monoisotopic (exact) mass is 251 g/mol. The lowest BCUT2D eigenvalue weighted by Gasteiger charge is -2.28. The van der Waals surface area contributed by atoms with Crippen molar-refractivity contribution in [2.24, 2.45) is 11.7 Å². The normalized spacial score (nSPS) is 26.5. The van der Waals surface area contributed by atoms with Crippen LogP contribution in [0.1, 0.15) is 29.6 Å². The molecular weight excluding hydrogens is 238 g/mol. The number of hydrogen-bond acceptors (Lipinski definition) is 3. The predicted octanol–water partition coefficient (Wildman–Crippen LogP) is 1.82. The van der Waals surface area contributed by atoms with E-state index in [0.29, 0.717) is 16.6 Å². The number of anilines is 1. The van der Waals surface area contributed by atoms with Crippen LogP contribution in [-0.4, -0.2) is 23.5 Å². The maximum Gasteiger partial charge on any atom is 0.250 e. The van der Waals surface area contributed by atoms with Crippen LogP contribution in [0.2, 0.25) is 5.02 Å². The summed E-state index contributed by atoms with van der Waals surface area (Å²) in [6.07, 6.45) is 5.30. The molecule has 90 valence electrons. The van der Waals surface area contributed by atoms with Crippen LogP contribution in [0.25, 0.3) is 0 Å². The van der Waals surface area contributed by atoms with Gasteiger partial charge in [0.15, 0.2) is 0 Å². The zero-order chi connectivity index (χ0) is 12.0. The summed E-state index contributed by atoms with van der Waals surface area (Å²) in [7, 11) is 0. The smallest absolute Gasteiger partial charge is 0.250 e. The molecule has 1 aliphatic carbocycles. The van der Waals surface area contributed by atoms with Crippen LogP contribution in [-0.2, 0) is 0 Å². The molecule has 2 N–H and O–H groups in total. The summed E-state index contributed by atoms with van der Waals surface area (Å²) in [5, 5.41) is 0.522. The van der Waals surface area contributed by atoms with E-state index in [2.05, 4.69) is 9.88 Å². The van der Waals surface area contributed by atoms with Gasteiger partial charge in [0.1, 0.15) is 5.82 Å². The number of primary amides is 1. The van der Waals surface area contributed by atoms with Gasteiger partial charge in [-0.3, -0.25) is 4.79 Å². The summed E-state index contributed by atoms with van der Waals surface area (Å²) in [6, 6.07) is 2.18. The Balaban J connectivity index is 1.91. The Morgan fingerprint density at radius 2 is 2.35 bits per heavy atom. The topological polar surface area (TPSA) is 59.2 Å². The van der Waals surface area contributed by atoms with Gasteiger partial charge in [-0.25, -0.2) is 4.98 Å². The lowest BCUT2D eigenvalue weighted by molar-refractivity contribution is 0.1000. The van der Waals surface area contributed by atoms with Crippen molar-refractivity contribution in [3.05, 3.63) is 22.8 Å². The highest BCUT2D eigenvalue weighted by Gasteiger charge is 2.39. The van der Waals surface area contributed by atoms with Gasteiger partial charge in [0.2, 0.25) is 5.91 Å². The molecule has 1 aromatic rings. The quantitative estimate of drug-likeness (QED) is 0.872. The molecule has 2 unspecified atom stereocenters. The number of hydrogen-bond donors (Lipinski definition) is 1. The lowest BCUT2D eigenvalue weighted by Crippen LogP contribution is -2.32. The van der Waals surface area contributed by atoms with Gasteiger partial charge in [0, 0.05) is 18.8 Å². The van der Waals surface area contributed by atoms with Gasteiger partial charge in [-0.2, -0.15) is 0 Å². The molecule has 2 fully saturated rings. The molecule has 1 amide bonds. The second-order valence-electron chi connectivity index (χ2n) is 4.88. The molecule has 1 aromatic heterocycles. The first-order valence-corrected chi connectivity index (χ1v) is 6.25. The average Bonchev–Trinajstić information content (AvgIpc) is 2.90. The first kappa shape index (κ1) is 10.8. The number of carbonyl (C=O) groups excluding carboxylic acids is 1. The van der Waals surface area contributed by atoms with Crippen LogP contribution >= 0.6 is 11.6 Å². The molecule has 1 saturated carbocycles. The van der Waals surface area contributed by atoms with Crippen LogP contribution in [0.4, 0.5) is 5.82 Å². The van der Waals surface area contributed by atoms with Crippen molar-refractivity contribution in [1.82, 2.24) is 4.98 Å². The second kappa shape index (κ2) is 3.88. The van der Waals surface area contributed by atoms with Gasteiger partial charge in [-0.1, -0.05) is 11.6 Å². The van der Waals surface area contributed by atoms with Gasteiger partial charge < -0.3 is 10.6 Å².